The van der Waals surface area contributed by atoms with Crippen LogP contribution in [-0.2, 0) is 4.84 Å². The average molecular weight is 318 g/mol. The monoisotopic (exact) mass is 318 g/mol. The first-order valence-corrected chi connectivity index (χ1v) is 8.22. The van der Waals surface area contributed by atoms with Gasteiger partial charge in [0, 0.05) is 16.9 Å². The Morgan fingerprint density at radius 3 is 2.25 bits per heavy atom. The van der Waals surface area contributed by atoms with Crippen LogP contribution in [0.3, 0.4) is 0 Å². The van der Waals surface area contributed by atoms with Gasteiger partial charge in [-0.05, 0) is 44.5 Å². The van der Waals surface area contributed by atoms with E-state index in [1.54, 1.807) is 0 Å². The molecule has 0 amide bonds. The van der Waals surface area contributed by atoms with Crippen LogP contribution in [0.1, 0.15) is 25.1 Å². The first-order chi connectivity index (χ1) is 11.7. The van der Waals surface area contributed by atoms with E-state index in [4.69, 9.17) is 4.84 Å². The van der Waals surface area contributed by atoms with Crippen LogP contribution < -0.4 is 0 Å². The summed E-state index contributed by atoms with van der Waals surface area (Å²) in [7, 11) is 0. The van der Waals surface area contributed by atoms with Gasteiger partial charge in [-0.1, -0.05) is 53.7 Å². The molecular weight excluding hydrogens is 296 g/mol. The standard InChI is InChI=1S/C21H22N2O/c1-4-24-22-16(2)20-15-21(18-11-7-5-8-12-18)23(17(20)3)19-13-9-6-10-14-19/h5-15H,4H2,1-3H3/b22-16-. The van der Waals surface area contributed by atoms with Crippen molar-refractivity contribution in [2.45, 2.75) is 20.8 Å². The van der Waals surface area contributed by atoms with E-state index < -0.39 is 0 Å². The highest BCUT2D eigenvalue weighted by Gasteiger charge is 2.16. The molecule has 0 spiro atoms. The Hall–Kier alpha value is -2.81. The zero-order chi connectivity index (χ0) is 16.9. The van der Waals surface area contributed by atoms with Crippen LogP contribution in [0.4, 0.5) is 0 Å². The van der Waals surface area contributed by atoms with Crippen molar-refractivity contribution >= 4 is 5.71 Å². The van der Waals surface area contributed by atoms with Gasteiger partial charge in [0.2, 0.25) is 0 Å². The minimum Gasteiger partial charge on any atom is -0.396 e. The Morgan fingerprint density at radius 2 is 1.62 bits per heavy atom. The molecule has 1 heterocycles. The topological polar surface area (TPSA) is 26.5 Å². The van der Waals surface area contributed by atoms with Gasteiger partial charge in [-0.2, -0.15) is 0 Å². The second-order valence-electron chi connectivity index (χ2n) is 5.66. The molecule has 0 aliphatic carbocycles. The smallest absolute Gasteiger partial charge is 0.114 e. The van der Waals surface area contributed by atoms with Gasteiger partial charge < -0.3 is 9.40 Å². The Morgan fingerprint density at radius 1 is 1.00 bits per heavy atom. The van der Waals surface area contributed by atoms with E-state index in [0.29, 0.717) is 6.61 Å². The summed E-state index contributed by atoms with van der Waals surface area (Å²) in [4.78, 5) is 5.24. The van der Waals surface area contributed by atoms with E-state index in [9.17, 15) is 0 Å². The zero-order valence-corrected chi connectivity index (χ0v) is 14.4. The fraction of sp³-hybridized carbons (Fsp3) is 0.190. The summed E-state index contributed by atoms with van der Waals surface area (Å²) in [5.41, 5.74) is 6.62. The third-order valence-corrected chi connectivity index (χ3v) is 4.05. The van der Waals surface area contributed by atoms with Gasteiger partial charge in [0.15, 0.2) is 0 Å². The molecule has 0 bridgehead atoms. The largest absolute Gasteiger partial charge is 0.396 e. The number of rotatable bonds is 5. The number of para-hydroxylation sites is 1. The molecule has 3 rings (SSSR count). The lowest BCUT2D eigenvalue weighted by molar-refractivity contribution is 0.159. The highest BCUT2D eigenvalue weighted by Crippen LogP contribution is 2.29. The first-order valence-electron chi connectivity index (χ1n) is 8.22. The van der Waals surface area contributed by atoms with Crippen molar-refractivity contribution in [3.63, 3.8) is 0 Å². The molecule has 0 unspecified atom stereocenters. The quantitative estimate of drug-likeness (QED) is 0.468. The molecule has 0 saturated carbocycles. The van der Waals surface area contributed by atoms with E-state index in [1.807, 2.05) is 26.0 Å². The summed E-state index contributed by atoms with van der Waals surface area (Å²) in [6.07, 6.45) is 0. The molecule has 0 saturated heterocycles. The van der Waals surface area contributed by atoms with Gasteiger partial charge in [0.25, 0.3) is 0 Å². The second-order valence-corrected chi connectivity index (χ2v) is 5.66. The molecular formula is C21H22N2O. The van der Waals surface area contributed by atoms with E-state index in [1.165, 1.54) is 5.56 Å². The fourth-order valence-electron chi connectivity index (χ4n) is 2.91. The summed E-state index contributed by atoms with van der Waals surface area (Å²) in [5, 5.41) is 4.22. The maximum atomic E-state index is 5.24. The predicted octanol–water partition coefficient (Wildman–Crippen LogP) is 5.21. The van der Waals surface area contributed by atoms with Gasteiger partial charge in [-0.25, -0.2) is 0 Å². The van der Waals surface area contributed by atoms with Crippen LogP contribution in [0, 0.1) is 6.92 Å². The van der Waals surface area contributed by atoms with Crippen molar-refractivity contribution in [2.75, 3.05) is 6.61 Å². The number of hydrogen-bond acceptors (Lipinski definition) is 2. The SMILES string of the molecule is CCO/N=C(/C)c1cc(-c2ccccc2)n(-c2ccccc2)c1C. The fourth-order valence-corrected chi connectivity index (χ4v) is 2.91. The van der Waals surface area contributed by atoms with Crippen LogP contribution in [-0.4, -0.2) is 16.9 Å². The Bertz CT molecular complexity index is 833. The molecule has 0 aliphatic heterocycles. The summed E-state index contributed by atoms with van der Waals surface area (Å²) in [6, 6.07) is 23.0. The van der Waals surface area contributed by atoms with Gasteiger partial charge in [0.05, 0.1) is 11.4 Å². The van der Waals surface area contributed by atoms with Crippen LogP contribution in [0.25, 0.3) is 16.9 Å². The van der Waals surface area contributed by atoms with Crippen molar-refractivity contribution in [2.24, 2.45) is 5.16 Å². The van der Waals surface area contributed by atoms with Gasteiger partial charge >= 0.3 is 0 Å². The molecule has 122 valence electrons. The third-order valence-electron chi connectivity index (χ3n) is 4.05. The molecule has 1 aromatic heterocycles. The molecule has 3 aromatic rings. The van der Waals surface area contributed by atoms with Crippen molar-refractivity contribution in [1.82, 2.24) is 4.57 Å². The van der Waals surface area contributed by atoms with E-state index in [0.717, 1.165) is 28.4 Å². The molecule has 0 atom stereocenters. The maximum Gasteiger partial charge on any atom is 0.114 e. The molecule has 24 heavy (non-hydrogen) atoms. The highest BCUT2D eigenvalue weighted by molar-refractivity contribution is 6.01. The Kier molecular flexibility index (Phi) is 4.80. The van der Waals surface area contributed by atoms with Crippen molar-refractivity contribution < 1.29 is 4.84 Å². The lowest BCUT2D eigenvalue weighted by Gasteiger charge is -2.12. The van der Waals surface area contributed by atoms with Crippen molar-refractivity contribution in [3.05, 3.63) is 78.0 Å². The first kappa shape index (κ1) is 16.1. The normalized spacial score (nSPS) is 11.5. The van der Waals surface area contributed by atoms with E-state index in [2.05, 4.69) is 71.2 Å². The second kappa shape index (κ2) is 7.18. The maximum absolute atomic E-state index is 5.24. The summed E-state index contributed by atoms with van der Waals surface area (Å²) >= 11 is 0. The molecule has 0 radical (unpaired) electrons. The van der Waals surface area contributed by atoms with Crippen molar-refractivity contribution in [1.29, 1.82) is 0 Å². The summed E-state index contributed by atoms with van der Waals surface area (Å²) in [6.45, 7) is 6.62. The number of hydrogen-bond donors (Lipinski definition) is 0. The molecule has 0 fully saturated rings. The van der Waals surface area contributed by atoms with Gasteiger partial charge in [0.1, 0.15) is 6.61 Å². The molecule has 3 heteroatoms. The zero-order valence-electron chi connectivity index (χ0n) is 14.4. The summed E-state index contributed by atoms with van der Waals surface area (Å²) in [5.74, 6) is 0. The molecule has 0 N–H and O–H groups in total. The minimum atomic E-state index is 0.571. The third kappa shape index (κ3) is 3.11. The molecule has 2 aromatic carbocycles. The Labute approximate surface area is 143 Å². The van der Waals surface area contributed by atoms with Gasteiger partial charge in [-0.3, -0.25) is 0 Å². The van der Waals surface area contributed by atoms with Gasteiger partial charge in [-0.15, -0.1) is 0 Å². The number of aromatic nitrogens is 1. The summed E-state index contributed by atoms with van der Waals surface area (Å²) < 4.78 is 2.27. The average Bonchev–Trinajstić information content (AvgIpc) is 2.98. The highest BCUT2D eigenvalue weighted by atomic mass is 16.6. The minimum absolute atomic E-state index is 0.571. The van der Waals surface area contributed by atoms with E-state index in [-0.39, 0.29) is 0 Å². The lowest BCUT2D eigenvalue weighted by Crippen LogP contribution is -2.02. The number of benzene rings is 2. The van der Waals surface area contributed by atoms with Crippen LogP contribution in [0.5, 0.6) is 0 Å². The Balaban J connectivity index is 2.20. The van der Waals surface area contributed by atoms with Crippen LogP contribution in [0.2, 0.25) is 0 Å². The molecule has 3 nitrogen and oxygen atoms in total. The number of oxime groups is 1. The van der Waals surface area contributed by atoms with Crippen molar-refractivity contribution in [3.8, 4) is 16.9 Å². The molecule has 0 aliphatic rings. The van der Waals surface area contributed by atoms with E-state index >= 15 is 0 Å². The predicted molar refractivity (Wildman–Crippen MR) is 99.8 cm³/mol. The lowest BCUT2D eigenvalue weighted by atomic mass is 10.1. The number of nitrogens with zero attached hydrogens (tertiary/aromatic N) is 2. The van der Waals surface area contributed by atoms with Crippen LogP contribution >= 0.6 is 0 Å². The van der Waals surface area contributed by atoms with Crippen LogP contribution in [0.15, 0.2) is 71.9 Å².